The standard InChI is InChI=1S/C20H25NO3/c22-19-16-11-12-24-17-10-6-2-5-9-15(17)18(16)20(23)21(19)13-14-7-3-1-4-8-14/h1,3-4,7-8,15-18H,2,5-6,9-13H2. The number of amides is 2. The number of carbonyl (C=O) groups excluding carboxylic acids is 2. The van der Waals surface area contributed by atoms with Crippen molar-refractivity contribution in [2.75, 3.05) is 6.61 Å². The van der Waals surface area contributed by atoms with Crippen molar-refractivity contribution < 1.29 is 14.3 Å². The van der Waals surface area contributed by atoms with E-state index in [1.165, 1.54) is 17.7 Å². The van der Waals surface area contributed by atoms with Crippen LogP contribution >= 0.6 is 0 Å². The second kappa shape index (κ2) is 6.67. The zero-order valence-electron chi connectivity index (χ0n) is 14.0. The van der Waals surface area contributed by atoms with Gasteiger partial charge in [-0.2, -0.15) is 0 Å². The van der Waals surface area contributed by atoms with Crippen LogP contribution in [0.15, 0.2) is 30.3 Å². The molecule has 2 aliphatic heterocycles. The topological polar surface area (TPSA) is 46.6 Å². The molecule has 2 saturated heterocycles. The number of hydrogen-bond donors (Lipinski definition) is 0. The molecule has 0 N–H and O–H groups in total. The van der Waals surface area contributed by atoms with Gasteiger partial charge in [0.2, 0.25) is 11.8 Å². The minimum atomic E-state index is -0.172. The molecule has 1 aliphatic carbocycles. The van der Waals surface area contributed by atoms with Gasteiger partial charge in [0.1, 0.15) is 0 Å². The van der Waals surface area contributed by atoms with Crippen molar-refractivity contribution in [3.63, 3.8) is 0 Å². The fourth-order valence-electron chi connectivity index (χ4n) is 4.79. The maximum absolute atomic E-state index is 13.1. The van der Waals surface area contributed by atoms with Gasteiger partial charge in [0.05, 0.1) is 24.5 Å². The molecule has 4 atom stereocenters. The number of fused-ring (bicyclic) bond motifs is 3. The third kappa shape index (κ3) is 2.77. The average Bonchev–Trinajstić information content (AvgIpc) is 2.82. The predicted molar refractivity (Wildman–Crippen MR) is 89.9 cm³/mol. The van der Waals surface area contributed by atoms with Crippen molar-refractivity contribution in [3.8, 4) is 0 Å². The van der Waals surface area contributed by atoms with E-state index in [-0.39, 0.29) is 35.7 Å². The summed E-state index contributed by atoms with van der Waals surface area (Å²) < 4.78 is 6.05. The van der Waals surface area contributed by atoms with E-state index in [0.29, 0.717) is 19.6 Å². The molecule has 2 amide bonds. The molecule has 4 unspecified atom stereocenters. The molecule has 0 bridgehead atoms. The first-order valence-electron chi connectivity index (χ1n) is 9.26. The van der Waals surface area contributed by atoms with Crippen LogP contribution in [0.2, 0.25) is 0 Å². The number of carbonyl (C=O) groups is 2. The number of nitrogens with zero attached hydrogens (tertiary/aromatic N) is 1. The molecule has 3 aliphatic rings. The summed E-state index contributed by atoms with van der Waals surface area (Å²) in [6.45, 7) is 1.02. The molecular weight excluding hydrogens is 302 g/mol. The molecule has 1 aromatic carbocycles. The highest BCUT2D eigenvalue weighted by Gasteiger charge is 2.53. The lowest BCUT2D eigenvalue weighted by Crippen LogP contribution is -2.35. The summed E-state index contributed by atoms with van der Waals surface area (Å²) in [6, 6.07) is 9.81. The SMILES string of the molecule is O=C1C2CCOC3CCCCCC3C2C(=O)N1Cc1ccccc1. The Hall–Kier alpha value is -1.68. The molecule has 24 heavy (non-hydrogen) atoms. The zero-order valence-corrected chi connectivity index (χ0v) is 14.0. The maximum atomic E-state index is 13.1. The lowest BCUT2D eigenvalue weighted by atomic mass is 9.77. The first kappa shape index (κ1) is 15.8. The van der Waals surface area contributed by atoms with Crippen LogP contribution in [-0.4, -0.2) is 29.4 Å². The fourth-order valence-corrected chi connectivity index (χ4v) is 4.79. The number of ether oxygens (including phenoxy) is 1. The lowest BCUT2D eigenvalue weighted by Gasteiger charge is -2.27. The summed E-state index contributed by atoms with van der Waals surface area (Å²) in [6.07, 6.45) is 6.44. The van der Waals surface area contributed by atoms with Gasteiger partial charge in [-0.15, -0.1) is 0 Å². The van der Waals surface area contributed by atoms with Crippen LogP contribution in [0.4, 0.5) is 0 Å². The molecule has 4 nitrogen and oxygen atoms in total. The highest BCUT2D eigenvalue weighted by Crippen LogP contribution is 2.44. The normalized spacial score (nSPS) is 33.6. The smallest absolute Gasteiger partial charge is 0.233 e. The van der Waals surface area contributed by atoms with Gasteiger partial charge in [0.25, 0.3) is 0 Å². The zero-order chi connectivity index (χ0) is 16.5. The van der Waals surface area contributed by atoms with Crippen LogP contribution in [0.3, 0.4) is 0 Å². The first-order chi connectivity index (χ1) is 11.8. The van der Waals surface area contributed by atoms with Gasteiger partial charge in [-0.1, -0.05) is 49.6 Å². The van der Waals surface area contributed by atoms with E-state index < -0.39 is 0 Å². The molecule has 2 heterocycles. The molecule has 4 rings (SSSR count). The Labute approximate surface area is 143 Å². The summed E-state index contributed by atoms with van der Waals surface area (Å²) in [5, 5.41) is 0. The van der Waals surface area contributed by atoms with Gasteiger partial charge >= 0.3 is 0 Å². The Morgan fingerprint density at radius 3 is 2.58 bits per heavy atom. The van der Waals surface area contributed by atoms with Crippen molar-refractivity contribution in [1.29, 1.82) is 0 Å². The first-order valence-corrected chi connectivity index (χ1v) is 9.26. The molecule has 0 spiro atoms. The van der Waals surface area contributed by atoms with Crippen molar-refractivity contribution in [2.45, 2.75) is 51.2 Å². The largest absolute Gasteiger partial charge is 0.378 e. The molecule has 3 fully saturated rings. The summed E-state index contributed by atoms with van der Waals surface area (Å²) in [5.74, 6) is -0.0584. The number of rotatable bonds is 2. The second-order valence-electron chi connectivity index (χ2n) is 7.38. The minimum Gasteiger partial charge on any atom is -0.378 e. The van der Waals surface area contributed by atoms with Crippen LogP contribution in [0.25, 0.3) is 0 Å². The van der Waals surface area contributed by atoms with Crippen LogP contribution in [0, 0.1) is 17.8 Å². The molecule has 0 aromatic heterocycles. The van der Waals surface area contributed by atoms with E-state index in [1.54, 1.807) is 0 Å². The third-order valence-corrected chi connectivity index (χ3v) is 5.98. The van der Waals surface area contributed by atoms with E-state index >= 15 is 0 Å². The Balaban J connectivity index is 1.60. The lowest BCUT2D eigenvalue weighted by molar-refractivity contribution is -0.142. The minimum absolute atomic E-state index is 0.0161. The summed E-state index contributed by atoms with van der Waals surface area (Å²) >= 11 is 0. The molecule has 128 valence electrons. The van der Waals surface area contributed by atoms with Crippen molar-refractivity contribution in [1.82, 2.24) is 4.90 Å². The fraction of sp³-hybridized carbons (Fsp3) is 0.600. The van der Waals surface area contributed by atoms with E-state index in [1.807, 2.05) is 30.3 Å². The number of benzene rings is 1. The number of likely N-dealkylation sites (tertiary alicyclic amines) is 1. The van der Waals surface area contributed by atoms with Gasteiger partial charge in [-0.05, 0) is 30.7 Å². The molecular formula is C20H25NO3. The van der Waals surface area contributed by atoms with E-state index in [2.05, 4.69) is 0 Å². The maximum Gasteiger partial charge on any atom is 0.233 e. The highest BCUT2D eigenvalue weighted by molar-refractivity contribution is 6.05. The highest BCUT2D eigenvalue weighted by atomic mass is 16.5. The Morgan fingerprint density at radius 1 is 0.958 bits per heavy atom. The van der Waals surface area contributed by atoms with Crippen molar-refractivity contribution in [2.24, 2.45) is 17.8 Å². The molecule has 0 radical (unpaired) electrons. The summed E-state index contributed by atoms with van der Waals surface area (Å²) in [5.41, 5.74) is 1.02. The van der Waals surface area contributed by atoms with Crippen LogP contribution in [-0.2, 0) is 20.9 Å². The molecule has 1 aromatic rings. The molecule has 4 heteroatoms. The Bertz CT molecular complexity index is 615. The molecule has 1 saturated carbocycles. The van der Waals surface area contributed by atoms with Crippen molar-refractivity contribution >= 4 is 11.8 Å². The van der Waals surface area contributed by atoms with Gasteiger partial charge in [-0.25, -0.2) is 0 Å². The quantitative estimate of drug-likeness (QED) is 0.784. The van der Waals surface area contributed by atoms with Gasteiger partial charge < -0.3 is 4.74 Å². The van der Waals surface area contributed by atoms with E-state index in [4.69, 9.17) is 4.74 Å². The summed E-state index contributed by atoms with van der Waals surface area (Å²) in [4.78, 5) is 27.6. The van der Waals surface area contributed by atoms with Crippen molar-refractivity contribution in [3.05, 3.63) is 35.9 Å². The third-order valence-electron chi connectivity index (χ3n) is 5.98. The Morgan fingerprint density at radius 2 is 1.75 bits per heavy atom. The van der Waals surface area contributed by atoms with Gasteiger partial charge in [-0.3, -0.25) is 14.5 Å². The van der Waals surface area contributed by atoms with E-state index in [9.17, 15) is 9.59 Å². The second-order valence-corrected chi connectivity index (χ2v) is 7.38. The summed E-state index contributed by atoms with van der Waals surface area (Å²) in [7, 11) is 0. The van der Waals surface area contributed by atoms with Crippen LogP contribution < -0.4 is 0 Å². The van der Waals surface area contributed by atoms with E-state index in [0.717, 1.165) is 24.8 Å². The number of imide groups is 1. The van der Waals surface area contributed by atoms with Gasteiger partial charge in [0, 0.05) is 6.61 Å². The predicted octanol–water partition coefficient (Wildman–Crippen LogP) is 3.16. The van der Waals surface area contributed by atoms with Gasteiger partial charge in [0.15, 0.2) is 0 Å². The monoisotopic (exact) mass is 327 g/mol. The van der Waals surface area contributed by atoms with Crippen LogP contribution in [0.1, 0.15) is 44.1 Å². The number of hydrogen-bond acceptors (Lipinski definition) is 3. The van der Waals surface area contributed by atoms with Crippen LogP contribution in [0.5, 0.6) is 0 Å². The Kier molecular flexibility index (Phi) is 4.40. The average molecular weight is 327 g/mol.